The summed E-state index contributed by atoms with van der Waals surface area (Å²) < 4.78 is 14.1. The Bertz CT molecular complexity index is 624. The van der Waals surface area contributed by atoms with Gasteiger partial charge in [0.05, 0.1) is 10.7 Å². The molecule has 1 fully saturated rings. The number of hydrogen-bond acceptors (Lipinski definition) is 3. The number of aromatic nitrogens is 1. The third-order valence-corrected chi connectivity index (χ3v) is 4.11. The Labute approximate surface area is 115 Å². The zero-order valence-corrected chi connectivity index (χ0v) is 11.2. The van der Waals surface area contributed by atoms with Crippen LogP contribution in [-0.2, 0) is 0 Å². The average Bonchev–Trinajstić information content (AvgIpc) is 2.96. The molecule has 1 heterocycles. The number of benzene rings is 1. The Morgan fingerprint density at radius 3 is 2.74 bits per heavy atom. The van der Waals surface area contributed by atoms with Crippen LogP contribution in [0.3, 0.4) is 0 Å². The average molecular weight is 280 g/mol. The maximum atomic E-state index is 14.1. The Balaban J connectivity index is 2.22. The lowest BCUT2D eigenvalue weighted by Crippen LogP contribution is -2.09. The van der Waals surface area contributed by atoms with Crippen molar-refractivity contribution in [1.82, 2.24) is 4.98 Å². The summed E-state index contributed by atoms with van der Waals surface area (Å²) in [5, 5.41) is 0.748. The Morgan fingerprint density at radius 1 is 1.32 bits per heavy atom. The van der Waals surface area contributed by atoms with Crippen LogP contribution in [0.5, 0.6) is 0 Å². The largest absolute Gasteiger partial charge is 0.323 e. The van der Waals surface area contributed by atoms with E-state index in [2.05, 4.69) is 10.4 Å². The van der Waals surface area contributed by atoms with Gasteiger partial charge in [0.15, 0.2) is 5.82 Å². The first kappa shape index (κ1) is 12.6. The molecule has 3 rings (SSSR count). The van der Waals surface area contributed by atoms with Crippen molar-refractivity contribution in [2.45, 2.75) is 31.6 Å². The molecular formula is C14H15ClFN3. The summed E-state index contributed by atoms with van der Waals surface area (Å²) in [5.74, 6) is 5.46. The summed E-state index contributed by atoms with van der Waals surface area (Å²) in [6.45, 7) is 0. The van der Waals surface area contributed by atoms with E-state index < -0.39 is 5.82 Å². The van der Waals surface area contributed by atoms with E-state index in [1.54, 1.807) is 6.07 Å². The van der Waals surface area contributed by atoms with E-state index in [1.807, 2.05) is 6.07 Å². The van der Waals surface area contributed by atoms with Crippen LogP contribution in [0.1, 0.15) is 37.3 Å². The van der Waals surface area contributed by atoms with Crippen molar-refractivity contribution in [1.29, 1.82) is 0 Å². The normalized spacial score (nSPS) is 16.2. The first-order chi connectivity index (χ1) is 9.20. The monoisotopic (exact) mass is 279 g/mol. The second-order valence-corrected chi connectivity index (χ2v) is 5.39. The topological polar surface area (TPSA) is 50.9 Å². The summed E-state index contributed by atoms with van der Waals surface area (Å²) in [6, 6.07) is 5.18. The lowest BCUT2D eigenvalue weighted by molar-refractivity contribution is 0.634. The van der Waals surface area contributed by atoms with E-state index in [0.29, 0.717) is 22.5 Å². The van der Waals surface area contributed by atoms with E-state index in [0.717, 1.165) is 18.5 Å². The molecule has 0 saturated heterocycles. The fourth-order valence-electron chi connectivity index (χ4n) is 2.80. The van der Waals surface area contributed by atoms with E-state index in [1.165, 1.54) is 18.9 Å². The molecule has 2 aromatic rings. The van der Waals surface area contributed by atoms with Crippen molar-refractivity contribution in [3.8, 4) is 0 Å². The first-order valence-electron chi connectivity index (χ1n) is 6.46. The maximum Gasteiger partial charge on any atom is 0.168 e. The van der Waals surface area contributed by atoms with Gasteiger partial charge in [0.1, 0.15) is 5.52 Å². The minimum Gasteiger partial charge on any atom is -0.323 e. The summed E-state index contributed by atoms with van der Waals surface area (Å²) in [4.78, 5) is 4.47. The Morgan fingerprint density at radius 2 is 2.05 bits per heavy atom. The number of nitrogens with two attached hydrogens (primary N) is 1. The molecule has 0 amide bonds. The molecule has 0 atom stereocenters. The quantitative estimate of drug-likeness (QED) is 0.646. The second kappa shape index (κ2) is 4.94. The molecule has 0 unspecified atom stereocenters. The molecule has 3 N–H and O–H groups in total. The molecule has 1 aliphatic carbocycles. The number of pyridine rings is 1. The van der Waals surface area contributed by atoms with Crippen molar-refractivity contribution in [2.75, 3.05) is 5.43 Å². The molecule has 1 saturated carbocycles. The van der Waals surface area contributed by atoms with Gasteiger partial charge in [0.2, 0.25) is 0 Å². The molecular weight excluding hydrogens is 265 g/mol. The van der Waals surface area contributed by atoms with Crippen LogP contribution in [0.25, 0.3) is 10.9 Å². The number of anilines is 1. The second-order valence-electron chi connectivity index (χ2n) is 4.98. The number of nitrogens with zero attached hydrogens (tertiary/aromatic N) is 1. The zero-order valence-electron chi connectivity index (χ0n) is 10.4. The van der Waals surface area contributed by atoms with Gasteiger partial charge in [-0.3, -0.25) is 5.84 Å². The van der Waals surface area contributed by atoms with Crippen LogP contribution in [0.15, 0.2) is 18.2 Å². The van der Waals surface area contributed by atoms with Crippen molar-refractivity contribution >= 4 is 28.2 Å². The van der Waals surface area contributed by atoms with Gasteiger partial charge in [-0.15, -0.1) is 0 Å². The van der Waals surface area contributed by atoms with Crippen molar-refractivity contribution in [2.24, 2.45) is 5.84 Å². The highest BCUT2D eigenvalue weighted by Gasteiger charge is 2.21. The molecule has 19 heavy (non-hydrogen) atoms. The number of nitrogen functional groups attached to an aromatic ring is 1. The summed E-state index contributed by atoms with van der Waals surface area (Å²) in [7, 11) is 0. The predicted molar refractivity (Wildman–Crippen MR) is 75.7 cm³/mol. The van der Waals surface area contributed by atoms with Crippen LogP contribution in [0, 0.1) is 5.82 Å². The van der Waals surface area contributed by atoms with Crippen LogP contribution in [0.4, 0.5) is 10.1 Å². The van der Waals surface area contributed by atoms with E-state index in [-0.39, 0.29) is 5.02 Å². The van der Waals surface area contributed by atoms with Crippen molar-refractivity contribution < 1.29 is 4.39 Å². The van der Waals surface area contributed by atoms with Gasteiger partial charge in [0.25, 0.3) is 0 Å². The van der Waals surface area contributed by atoms with Gasteiger partial charge in [-0.2, -0.15) is 0 Å². The first-order valence-corrected chi connectivity index (χ1v) is 6.84. The number of rotatable bonds is 2. The molecule has 1 aromatic carbocycles. The highest BCUT2D eigenvalue weighted by Crippen LogP contribution is 2.37. The summed E-state index contributed by atoms with van der Waals surface area (Å²) in [5.41, 5.74) is 4.53. The molecule has 0 radical (unpaired) electrons. The zero-order chi connectivity index (χ0) is 13.4. The van der Waals surface area contributed by atoms with Crippen LogP contribution in [-0.4, -0.2) is 4.98 Å². The predicted octanol–water partition coefficient (Wildman–Crippen LogP) is 3.97. The van der Waals surface area contributed by atoms with Crippen molar-refractivity contribution in [3.63, 3.8) is 0 Å². The molecule has 0 bridgehead atoms. The van der Waals surface area contributed by atoms with Gasteiger partial charge >= 0.3 is 0 Å². The summed E-state index contributed by atoms with van der Waals surface area (Å²) in [6.07, 6.45) is 4.61. The van der Waals surface area contributed by atoms with Crippen LogP contribution >= 0.6 is 11.6 Å². The molecule has 3 nitrogen and oxygen atoms in total. The third-order valence-electron chi connectivity index (χ3n) is 3.82. The smallest absolute Gasteiger partial charge is 0.168 e. The summed E-state index contributed by atoms with van der Waals surface area (Å²) >= 11 is 5.83. The molecule has 0 spiro atoms. The SMILES string of the molecule is NNc1cc(C2CCCC2)nc2c(F)c(Cl)ccc12. The molecule has 100 valence electrons. The maximum absolute atomic E-state index is 14.1. The standard InChI is InChI=1S/C14H15ClFN3/c15-10-6-5-9-12(19-17)7-11(8-3-1-2-4-8)18-14(9)13(10)16/h5-8H,1-4,17H2,(H,18,19). The lowest BCUT2D eigenvalue weighted by atomic mass is 10.0. The highest BCUT2D eigenvalue weighted by molar-refractivity contribution is 6.31. The van der Waals surface area contributed by atoms with E-state index in [4.69, 9.17) is 17.4 Å². The van der Waals surface area contributed by atoms with E-state index in [9.17, 15) is 4.39 Å². The number of nitrogens with one attached hydrogen (secondary N) is 1. The highest BCUT2D eigenvalue weighted by atomic mass is 35.5. The number of halogens is 2. The molecule has 1 aliphatic rings. The van der Waals surface area contributed by atoms with Crippen LogP contribution in [0.2, 0.25) is 5.02 Å². The Kier molecular flexibility index (Phi) is 3.29. The molecule has 1 aromatic heterocycles. The number of hydrazine groups is 1. The van der Waals surface area contributed by atoms with E-state index >= 15 is 0 Å². The lowest BCUT2D eigenvalue weighted by Gasteiger charge is -2.14. The minimum absolute atomic E-state index is 0.0894. The van der Waals surface area contributed by atoms with Crippen molar-refractivity contribution in [3.05, 3.63) is 34.7 Å². The fraction of sp³-hybridized carbons (Fsp3) is 0.357. The van der Waals surface area contributed by atoms with Gasteiger partial charge in [-0.1, -0.05) is 24.4 Å². The number of fused-ring (bicyclic) bond motifs is 1. The van der Waals surface area contributed by atoms with Gasteiger partial charge < -0.3 is 5.43 Å². The minimum atomic E-state index is -0.476. The third kappa shape index (κ3) is 2.15. The van der Waals surface area contributed by atoms with Gasteiger partial charge in [0, 0.05) is 17.0 Å². The van der Waals surface area contributed by atoms with Gasteiger partial charge in [-0.25, -0.2) is 9.37 Å². The fourth-order valence-corrected chi connectivity index (χ4v) is 2.96. The Hall–Kier alpha value is -1.39. The molecule has 0 aliphatic heterocycles. The number of hydrogen-bond donors (Lipinski definition) is 2. The molecule has 5 heteroatoms. The van der Waals surface area contributed by atoms with Gasteiger partial charge in [-0.05, 0) is 31.0 Å². The van der Waals surface area contributed by atoms with Crippen LogP contribution < -0.4 is 11.3 Å².